The maximum Gasteiger partial charge on any atom is 0.131 e. The molecular weight excluding hydrogens is 240 g/mol. The highest BCUT2D eigenvalue weighted by molar-refractivity contribution is 5.50. The van der Waals surface area contributed by atoms with Crippen LogP contribution in [0.25, 0.3) is 0 Å². The molecule has 1 aliphatic heterocycles. The lowest BCUT2D eigenvalue weighted by Gasteiger charge is -2.32. The Morgan fingerprint density at radius 3 is 2.84 bits per heavy atom. The van der Waals surface area contributed by atoms with Crippen LogP contribution in [0.4, 0.5) is 5.82 Å². The van der Waals surface area contributed by atoms with Crippen molar-refractivity contribution < 1.29 is 5.11 Å². The van der Waals surface area contributed by atoms with Crippen molar-refractivity contribution in [3.05, 3.63) is 11.3 Å². The fourth-order valence-electron chi connectivity index (χ4n) is 2.75. The van der Waals surface area contributed by atoms with E-state index in [1.807, 2.05) is 11.7 Å². The lowest BCUT2D eigenvalue weighted by molar-refractivity contribution is 0.153. The number of hydrogen-bond donors (Lipinski definition) is 2. The summed E-state index contributed by atoms with van der Waals surface area (Å²) in [5.74, 6) is 1.16. The Hall–Kier alpha value is -1.07. The molecule has 19 heavy (non-hydrogen) atoms. The molecule has 0 spiro atoms. The number of hydrogen-bond acceptors (Lipinski definition) is 4. The van der Waals surface area contributed by atoms with Gasteiger partial charge in [0, 0.05) is 38.3 Å². The second-order valence-corrected chi connectivity index (χ2v) is 5.79. The van der Waals surface area contributed by atoms with E-state index in [1.54, 1.807) is 0 Å². The summed E-state index contributed by atoms with van der Waals surface area (Å²) in [6, 6.07) is 0.458. The first-order valence-corrected chi connectivity index (χ1v) is 7.18. The molecule has 0 aliphatic carbocycles. The highest BCUT2D eigenvalue weighted by Crippen LogP contribution is 2.26. The van der Waals surface area contributed by atoms with Gasteiger partial charge < -0.3 is 15.3 Å². The van der Waals surface area contributed by atoms with E-state index in [1.165, 1.54) is 5.56 Å². The van der Waals surface area contributed by atoms with E-state index >= 15 is 0 Å². The number of nitrogens with zero attached hydrogens (tertiary/aromatic N) is 3. The standard InChI is InChI=1S/C14H26N4O/c1-10(2)15-8-13-11(3)16-17(4)14(13)18-7-5-6-12(19)9-18/h10,12,15,19H,5-9H2,1-4H3. The van der Waals surface area contributed by atoms with Crippen molar-refractivity contribution in [2.24, 2.45) is 7.05 Å². The molecule has 1 aromatic rings. The first kappa shape index (κ1) is 14.3. The van der Waals surface area contributed by atoms with Crippen molar-refractivity contribution in [2.75, 3.05) is 18.0 Å². The number of β-amino-alcohol motifs (C(OH)–C–C–N with tert-alkyl or cyclic N) is 1. The average Bonchev–Trinajstić information content (AvgIpc) is 2.61. The molecular formula is C14H26N4O. The second kappa shape index (κ2) is 5.92. The number of aryl methyl sites for hydroxylation is 2. The summed E-state index contributed by atoms with van der Waals surface area (Å²) in [4.78, 5) is 2.27. The van der Waals surface area contributed by atoms with Crippen LogP contribution in [-0.2, 0) is 13.6 Å². The minimum atomic E-state index is -0.213. The van der Waals surface area contributed by atoms with Gasteiger partial charge in [0.2, 0.25) is 0 Å². The summed E-state index contributed by atoms with van der Waals surface area (Å²) in [7, 11) is 1.99. The molecule has 1 unspecified atom stereocenters. The van der Waals surface area contributed by atoms with Crippen molar-refractivity contribution in [2.45, 2.75) is 52.3 Å². The van der Waals surface area contributed by atoms with Gasteiger partial charge in [0.05, 0.1) is 11.8 Å². The predicted molar refractivity (Wildman–Crippen MR) is 77.4 cm³/mol. The van der Waals surface area contributed by atoms with E-state index in [4.69, 9.17) is 0 Å². The number of aliphatic hydroxyl groups is 1. The molecule has 0 saturated carbocycles. The highest BCUT2D eigenvalue weighted by atomic mass is 16.3. The van der Waals surface area contributed by atoms with Crippen LogP contribution in [-0.4, -0.2) is 40.1 Å². The molecule has 2 rings (SSSR count). The third-order valence-corrected chi connectivity index (χ3v) is 3.70. The Balaban J connectivity index is 2.22. The van der Waals surface area contributed by atoms with Gasteiger partial charge >= 0.3 is 0 Å². The molecule has 2 heterocycles. The van der Waals surface area contributed by atoms with Gasteiger partial charge in [-0.05, 0) is 19.8 Å². The largest absolute Gasteiger partial charge is 0.391 e. The Kier molecular flexibility index (Phi) is 4.47. The number of aromatic nitrogens is 2. The van der Waals surface area contributed by atoms with E-state index in [0.29, 0.717) is 12.6 Å². The Labute approximate surface area is 115 Å². The van der Waals surface area contributed by atoms with Gasteiger partial charge in [0.25, 0.3) is 0 Å². The van der Waals surface area contributed by atoms with Crippen LogP contribution >= 0.6 is 0 Å². The summed E-state index contributed by atoms with van der Waals surface area (Å²) in [5.41, 5.74) is 2.33. The van der Waals surface area contributed by atoms with Crippen molar-refractivity contribution in [1.29, 1.82) is 0 Å². The SMILES string of the molecule is Cc1nn(C)c(N2CCCC(O)C2)c1CNC(C)C. The van der Waals surface area contributed by atoms with E-state index in [0.717, 1.165) is 37.4 Å². The van der Waals surface area contributed by atoms with Crippen molar-refractivity contribution in [3.8, 4) is 0 Å². The molecule has 2 N–H and O–H groups in total. The second-order valence-electron chi connectivity index (χ2n) is 5.79. The van der Waals surface area contributed by atoms with Gasteiger partial charge in [0.15, 0.2) is 0 Å². The zero-order chi connectivity index (χ0) is 14.0. The van der Waals surface area contributed by atoms with E-state index < -0.39 is 0 Å². The number of rotatable bonds is 4. The third kappa shape index (κ3) is 3.28. The smallest absolute Gasteiger partial charge is 0.131 e. The van der Waals surface area contributed by atoms with Crippen molar-refractivity contribution >= 4 is 5.82 Å². The summed E-state index contributed by atoms with van der Waals surface area (Å²) in [6.07, 6.45) is 1.74. The fraction of sp³-hybridized carbons (Fsp3) is 0.786. The van der Waals surface area contributed by atoms with Crippen LogP contribution in [0.3, 0.4) is 0 Å². The van der Waals surface area contributed by atoms with Crippen LogP contribution in [0.15, 0.2) is 0 Å². The van der Waals surface area contributed by atoms with Crippen molar-refractivity contribution in [3.63, 3.8) is 0 Å². The lowest BCUT2D eigenvalue weighted by Crippen LogP contribution is -2.40. The molecule has 1 saturated heterocycles. The summed E-state index contributed by atoms with van der Waals surface area (Å²) >= 11 is 0. The van der Waals surface area contributed by atoms with Gasteiger partial charge in [0.1, 0.15) is 5.82 Å². The maximum absolute atomic E-state index is 9.86. The molecule has 0 amide bonds. The first-order chi connectivity index (χ1) is 8.99. The minimum Gasteiger partial charge on any atom is -0.391 e. The zero-order valence-corrected chi connectivity index (χ0v) is 12.5. The monoisotopic (exact) mass is 266 g/mol. The Morgan fingerprint density at radius 2 is 2.21 bits per heavy atom. The van der Waals surface area contributed by atoms with Gasteiger partial charge in [-0.2, -0.15) is 5.10 Å². The van der Waals surface area contributed by atoms with E-state index in [9.17, 15) is 5.11 Å². The van der Waals surface area contributed by atoms with Crippen LogP contribution in [0.1, 0.15) is 37.9 Å². The minimum absolute atomic E-state index is 0.213. The van der Waals surface area contributed by atoms with Crippen LogP contribution in [0, 0.1) is 6.92 Å². The number of aliphatic hydroxyl groups excluding tert-OH is 1. The topological polar surface area (TPSA) is 53.3 Å². The lowest BCUT2D eigenvalue weighted by atomic mass is 10.1. The summed E-state index contributed by atoms with van der Waals surface area (Å²) in [5, 5.41) is 17.9. The number of anilines is 1. The van der Waals surface area contributed by atoms with E-state index in [2.05, 4.69) is 36.1 Å². The molecule has 1 atom stereocenters. The van der Waals surface area contributed by atoms with Crippen LogP contribution < -0.4 is 10.2 Å². The molecule has 5 nitrogen and oxygen atoms in total. The summed E-state index contributed by atoms with van der Waals surface area (Å²) < 4.78 is 1.95. The predicted octanol–water partition coefficient (Wildman–Crippen LogP) is 1.19. The van der Waals surface area contributed by atoms with Gasteiger partial charge in [-0.25, -0.2) is 0 Å². The Morgan fingerprint density at radius 1 is 1.47 bits per heavy atom. The maximum atomic E-state index is 9.86. The van der Waals surface area contributed by atoms with Gasteiger partial charge in [-0.1, -0.05) is 13.8 Å². The first-order valence-electron chi connectivity index (χ1n) is 7.18. The van der Waals surface area contributed by atoms with Crippen LogP contribution in [0.5, 0.6) is 0 Å². The molecule has 0 bridgehead atoms. The fourth-order valence-corrected chi connectivity index (χ4v) is 2.75. The van der Waals surface area contributed by atoms with Gasteiger partial charge in [-0.3, -0.25) is 4.68 Å². The highest BCUT2D eigenvalue weighted by Gasteiger charge is 2.24. The molecule has 1 aromatic heterocycles. The third-order valence-electron chi connectivity index (χ3n) is 3.70. The Bertz CT molecular complexity index is 427. The molecule has 0 radical (unpaired) electrons. The average molecular weight is 266 g/mol. The van der Waals surface area contributed by atoms with E-state index in [-0.39, 0.29) is 6.10 Å². The van der Waals surface area contributed by atoms with Crippen LogP contribution in [0.2, 0.25) is 0 Å². The number of nitrogens with one attached hydrogen (secondary N) is 1. The number of piperidine rings is 1. The zero-order valence-electron chi connectivity index (χ0n) is 12.5. The molecule has 0 aromatic carbocycles. The molecule has 108 valence electrons. The molecule has 5 heteroatoms. The summed E-state index contributed by atoms with van der Waals surface area (Å²) in [6.45, 7) is 8.91. The quantitative estimate of drug-likeness (QED) is 0.859. The van der Waals surface area contributed by atoms with Crippen molar-refractivity contribution in [1.82, 2.24) is 15.1 Å². The van der Waals surface area contributed by atoms with Gasteiger partial charge in [-0.15, -0.1) is 0 Å². The molecule has 1 aliphatic rings. The normalized spacial score (nSPS) is 20.3. The molecule has 1 fully saturated rings.